The van der Waals surface area contributed by atoms with Crippen LogP contribution in [0.25, 0.3) is 0 Å². The highest BCUT2D eigenvalue weighted by Crippen LogP contribution is 2.20. The molecule has 1 N–H and O–H groups in total. The summed E-state index contributed by atoms with van der Waals surface area (Å²) in [6.07, 6.45) is 2.84. The Morgan fingerprint density at radius 3 is 2.88 bits per heavy atom. The monoisotopic (exact) mass is 219 g/mol. The lowest BCUT2D eigenvalue weighted by Crippen LogP contribution is -2.25. The van der Waals surface area contributed by atoms with Crippen LogP contribution in [0.15, 0.2) is 29.1 Å². The maximum absolute atomic E-state index is 11.7. The third-order valence-electron chi connectivity index (χ3n) is 2.90. The van der Waals surface area contributed by atoms with E-state index in [1.165, 1.54) is 10.6 Å². The van der Waals surface area contributed by atoms with Gasteiger partial charge in [-0.3, -0.25) is 4.79 Å². The zero-order valence-electron chi connectivity index (χ0n) is 8.90. The first-order valence-electron chi connectivity index (χ1n) is 5.22. The molecule has 0 amide bonds. The molecular formula is C12H13NO3. The molecule has 0 saturated carbocycles. The van der Waals surface area contributed by atoms with Gasteiger partial charge in [-0.1, -0.05) is 12.6 Å². The van der Waals surface area contributed by atoms with E-state index in [0.29, 0.717) is 0 Å². The lowest BCUT2D eigenvalue weighted by atomic mass is 10.2. The molecule has 1 aromatic rings. The minimum absolute atomic E-state index is 0.0439. The van der Waals surface area contributed by atoms with Gasteiger partial charge in [-0.2, -0.15) is 0 Å². The van der Waals surface area contributed by atoms with Crippen LogP contribution in [0.4, 0.5) is 0 Å². The van der Waals surface area contributed by atoms with Crippen molar-refractivity contribution in [3.8, 4) is 0 Å². The van der Waals surface area contributed by atoms with Gasteiger partial charge in [0.25, 0.3) is 5.56 Å². The molecule has 4 nitrogen and oxygen atoms in total. The Bertz CT molecular complexity index is 513. The first kappa shape index (κ1) is 10.7. The number of aromatic nitrogens is 1. The molecule has 0 saturated heterocycles. The summed E-state index contributed by atoms with van der Waals surface area (Å²) in [4.78, 5) is 22.4. The molecule has 1 heterocycles. The van der Waals surface area contributed by atoms with Gasteiger partial charge in [0.1, 0.15) is 0 Å². The second-order valence-electron chi connectivity index (χ2n) is 3.99. The Morgan fingerprint density at radius 2 is 2.19 bits per heavy atom. The number of aliphatic carboxylic acids is 1. The predicted molar refractivity (Wildman–Crippen MR) is 59.5 cm³/mol. The smallest absolute Gasteiger partial charge is 0.332 e. The summed E-state index contributed by atoms with van der Waals surface area (Å²) in [6, 6.07) is 3.34. The largest absolute Gasteiger partial charge is 0.478 e. The minimum atomic E-state index is -1.05. The van der Waals surface area contributed by atoms with Gasteiger partial charge in [0.05, 0.1) is 6.54 Å². The molecule has 1 aliphatic carbocycles. The molecular weight excluding hydrogens is 206 g/mol. The topological polar surface area (TPSA) is 59.3 Å². The van der Waals surface area contributed by atoms with Crippen LogP contribution in [0.2, 0.25) is 0 Å². The van der Waals surface area contributed by atoms with Crippen molar-refractivity contribution >= 4 is 5.97 Å². The average Bonchev–Trinajstić information content (AvgIpc) is 2.70. The van der Waals surface area contributed by atoms with E-state index in [4.69, 9.17) is 5.11 Å². The number of rotatable bonds is 3. The van der Waals surface area contributed by atoms with E-state index in [0.717, 1.165) is 30.5 Å². The molecule has 0 fully saturated rings. The van der Waals surface area contributed by atoms with Crippen molar-refractivity contribution in [2.75, 3.05) is 0 Å². The van der Waals surface area contributed by atoms with E-state index in [-0.39, 0.29) is 17.7 Å². The number of nitrogens with zero attached hydrogens (tertiary/aromatic N) is 1. The molecule has 0 aliphatic heterocycles. The summed E-state index contributed by atoms with van der Waals surface area (Å²) >= 11 is 0. The van der Waals surface area contributed by atoms with Crippen molar-refractivity contribution in [3.63, 3.8) is 0 Å². The number of aryl methyl sites for hydroxylation is 1. The first-order valence-corrected chi connectivity index (χ1v) is 5.22. The van der Waals surface area contributed by atoms with Crippen LogP contribution in [0.1, 0.15) is 17.7 Å². The van der Waals surface area contributed by atoms with Crippen molar-refractivity contribution in [2.45, 2.75) is 25.8 Å². The fraction of sp³-hybridized carbons (Fsp3) is 0.333. The quantitative estimate of drug-likeness (QED) is 0.771. The molecule has 0 radical (unpaired) electrons. The number of carbonyl (C=O) groups is 1. The maximum atomic E-state index is 11.7. The van der Waals surface area contributed by atoms with Crippen LogP contribution >= 0.6 is 0 Å². The summed E-state index contributed by atoms with van der Waals surface area (Å²) in [5, 5.41) is 8.77. The number of carboxylic acid groups (broad SMARTS) is 1. The van der Waals surface area contributed by atoms with E-state index >= 15 is 0 Å². The highest BCUT2D eigenvalue weighted by Gasteiger charge is 2.17. The molecule has 1 aromatic heterocycles. The molecule has 16 heavy (non-hydrogen) atoms. The molecule has 4 heteroatoms. The van der Waals surface area contributed by atoms with Crippen LogP contribution in [0.5, 0.6) is 0 Å². The van der Waals surface area contributed by atoms with Crippen molar-refractivity contribution in [1.82, 2.24) is 4.57 Å². The summed E-state index contributed by atoms with van der Waals surface area (Å²) in [6.45, 7) is 3.54. The average molecular weight is 219 g/mol. The highest BCUT2D eigenvalue weighted by atomic mass is 16.4. The van der Waals surface area contributed by atoms with Crippen molar-refractivity contribution in [2.24, 2.45) is 0 Å². The number of fused-ring (bicyclic) bond motifs is 1. The molecule has 84 valence electrons. The van der Waals surface area contributed by atoms with E-state index < -0.39 is 5.97 Å². The second-order valence-corrected chi connectivity index (χ2v) is 3.99. The summed E-state index contributed by atoms with van der Waals surface area (Å²) in [7, 11) is 0. The lowest BCUT2D eigenvalue weighted by Gasteiger charge is -2.11. The van der Waals surface area contributed by atoms with Gasteiger partial charge in [0.2, 0.25) is 0 Å². The Kier molecular flexibility index (Phi) is 2.64. The van der Waals surface area contributed by atoms with Crippen LogP contribution in [0.3, 0.4) is 0 Å². The Hall–Kier alpha value is -1.84. The van der Waals surface area contributed by atoms with Gasteiger partial charge in [-0.25, -0.2) is 4.79 Å². The third kappa shape index (κ3) is 1.78. The highest BCUT2D eigenvalue weighted by molar-refractivity contribution is 5.85. The van der Waals surface area contributed by atoms with E-state index in [1.54, 1.807) is 0 Å². The summed E-state index contributed by atoms with van der Waals surface area (Å²) in [5.74, 6) is -1.05. The summed E-state index contributed by atoms with van der Waals surface area (Å²) < 4.78 is 1.53. The zero-order valence-corrected chi connectivity index (χ0v) is 8.90. The third-order valence-corrected chi connectivity index (χ3v) is 2.90. The van der Waals surface area contributed by atoms with E-state index in [2.05, 4.69) is 6.58 Å². The van der Waals surface area contributed by atoms with Crippen LogP contribution < -0.4 is 5.56 Å². The first-order chi connectivity index (χ1) is 7.59. The van der Waals surface area contributed by atoms with Crippen molar-refractivity contribution in [3.05, 3.63) is 45.9 Å². The van der Waals surface area contributed by atoms with Gasteiger partial charge in [0.15, 0.2) is 0 Å². The number of carboxylic acids is 1. The zero-order chi connectivity index (χ0) is 11.7. The Balaban J connectivity index is 2.41. The molecule has 0 aromatic carbocycles. The van der Waals surface area contributed by atoms with Crippen LogP contribution in [0, 0.1) is 0 Å². The predicted octanol–water partition coefficient (Wildman–Crippen LogP) is 0.978. The normalized spacial score (nSPS) is 13.5. The van der Waals surface area contributed by atoms with Gasteiger partial charge < -0.3 is 9.67 Å². The van der Waals surface area contributed by atoms with Gasteiger partial charge in [0, 0.05) is 17.3 Å². The lowest BCUT2D eigenvalue weighted by molar-refractivity contribution is -0.132. The molecule has 0 bridgehead atoms. The fourth-order valence-corrected chi connectivity index (χ4v) is 2.07. The van der Waals surface area contributed by atoms with Gasteiger partial charge >= 0.3 is 5.97 Å². The maximum Gasteiger partial charge on any atom is 0.332 e. The molecule has 0 unspecified atom stereocenters. The SMILES string of the molecule is C=C(Cn1c2c(ccc1=O)CCC2)C(=O)O. The number of hydrogen-bond donors (Lipinski definition) is 1. The Labute approximate surface area is 92.8 Å². The van der Waals surface area contributed by atoms with Crippen molar-refractivity contribution in [1.29, 1.82) is 0 Å². The standard InChI is InChI=1S/C12H13NO3/c1-8(12(15)16)7-13-10-4-2-3-9(10)5-6-11(13)14/h5-6H,1-4,7H2,(H,15,16). The van der Waals surface area contributed by atoms with Crippen molar-refractivity contribution < 1.29 is 9.90 Å². The van der Waals surface area contributed by atoms with Gasteiger partial charge in [-0.15, -0.1) is 0 Å². The van der Waals surface area contributed by atoms with Crippen LogP contribution in [-0.4, -0.2) is 15.6 Å². The number of hydrogen-bond acceptors (Lipinski definition) is 2. The fourth-order valence-electron chi connectivity index (χ4n) is 2.07. The minimum Gasteiger partial charge on any atom is -0.478 e. The molecule has 0 atom stereocenters. The van der Waals surface area contributed by atoms with Crippen LogP contribution in [-0.2, 0) is 24.2 Å². The van der Waals surface area contributed by atoms with E-state index in [9.17, 15) is 9.59 Å². The van der Waals surface area contributed by atoms with E-state index in [1.807, 2.05) is 6.07 Å². The van der Waals surface area contributed by atoms with Gasteiger partial charge in [-0.05, 0) is 24.8 Å². The number of pyridine rings is 1. The molecule has 1 aliphatic rings. The summed E-state index contributed by atoms with van der Waals surface area (Å²) in [5.41, 5.74) is 2.01. The Morgan fingerprint density at radius 1 is 1.44 bits per heavy atom. The molecule has 2 rings (SSSR count). The second kappa shape index (κ2) is 3.96. The molecule has 0 spiro atoms.